The van der Waals surface area contributed by atoms with Gasteiger partial charge in [-0.15, -0.1) is 0 Å². The van der Waals surface area contributed by atoms with Gasteiger partial charge in [0.25, 0.3) is 11.5 Å². The number of nitrogens with zero attached hydrogens (tertiary/aromatic N) is 2. The minimum Gasteiger partial charge on any atom is -0.338 e. The number of aromatic nitrogens is 2. The number of nitrogens with one attached hydrogen (secondary N) is 1. The summed E-state index contributed by atoms with van der Waals surface area (Å²) in [6.07, 6.45) is 6.53. The van der Waals surface area contributed by atoms with Crippen molar-refractivity contribution in [3.05, 3.63) is 38.9 Å². The molecule has 1 aromatic heterocycles. The Morgan fingerprint density at radius 1 is 1.19 bits per heavy atom. The van der Waals surface area contributed by atoms with Crippen molar-refractivity contribution in [2.45, 2.75) is 51.5 Å². The molecular weight excluding hydrogens is 346 g/mol. The number of hydrogen-bond acceptors (Lipinski definition) is 3. The normalized spacial score (nSPS) is 21.4. The van der Waals surface area contributed by atoms with E-state index in [0.29, 0.717) is 27.2 Å². The first-order valence-corrected chi connectivity index (χ1v) is 10.0. The van der Waals surface area contributed by atoms with Crippen molar-refractivity contribution in [2.24, 2.45) is 5.92 Å². The summed E-state index contributed by atoms with van der Waals surface area (Å²) in [6.45, 7) is 3.79. The molecule has 6 heteroatoms. The van der Waals surface area contributed by atoms with E-state index in [1.807, 2.05) is 4.90 Å². The summed E-state index contributed by atoms with van der Waals surface area (Å²) in [5.41, 5.74) is 1.24. The number of benzene rings is 1. The van der Waals surface area contributed by atoms with Crippen molar-refractivity contribution in [3.8, 4) is 0 Å². The number of rotatable bonds is 2. The van der Waals surface area contributed by atoms with Crippen molar-refractivity contribution >= 4 is 29.0 Å². The van der Waals surface area contributed by atoms with Crippen LogP contribution in [0.25, 0.3) is 10.9 Å². The Kier molecular flexibility index (Phi) is 4.69. The molecule has 0 radical (unpaired) electrons. The number of fused-ring (bicyclic) bond motifs is 1. The molecule has 0 spiro atoms. The number of carbonyl (C=O) groups excluding carboxylic acids is 1. The van der Waals surface area contributed by atoms with E-state index in [1.165, 1.54) is 6.42 Å². The van der Waals surface area contributed by atoms with Gasteiger partial charge in [-0.3, -0.25) is 14.2 Å². The largest absolute Gasteiger partial charge is 0.338 e. The topological polar surface area (TPSA) is 58.1 Å². The number of piperidine rings is 1. The lowest BCUT2D eigenvalue weighted by molar-refractivity contribution is 0.0683. The molecule has 0 bridgehead atoms. The van der Waals surface area contributed by atoms with Crippen LogP contribution in [0.3, 0.4) is 0 Å². The Balaban J connectivity index is 1.72. The molecule has 1 amide bonds. The summed E-state index contributed by atoms with van der Waals surface area (Å²) in [5.74, 6) is 0.579. The fraction of sp³-hybridized carbons (Fsp3) is 0.550. The number of carbonyl (C=O) groups is 1. The fourth-order valence-electron chi connectivity index (χ4n) is 4.42. The molecule has 2 aromatic rings. The number of likely N-dealkylation sites (tertiary alicyclic amines) is 1. The van der Waals surface area contributed by atoms with Crippen LogP contribution in [0, 0.1) is 10.7 Å². The van der Waals surface area contributed by atoms with Crippen molar-refractivity contribution < 1.29 is 4.79 Å². The molecule has 1 aliphatic carbocycles. The molecular formula is C20H25N3O2S. The number of H-pyrrole nitrogens is 1. The molecule has 26 heavy (non-hydrogen) atoms. The van der Waals surface area contributed by atoms with Gasteiger partial charge in [0.15, 0.2) is 4.77 Å². The molecule has 2 heterocycles. The van der Waals surface area contributed by atoms with Gasteiger partial charge in [0.2, 0.25) is 0 Å². The maximum Gasteiger partial charge on any atom is 0.262 e. The first-order chi connectivity index (χ1) is 12.5. The smallest absolute Gasteiger partial charge is 0.262 e. The lowest BCUT2D eigenvalue weighted by Crippen LogP contribution is -2.39. The van der Waals surface area contributed by atoms with Crippen molar-refractivity contribution in [1.82, 2.24) is 14.5 Å². The van der Waals surface area contributed by atoms with Crippen LogP contribution in [-0.4, -0.2) is 33.4 Å². The van der Waals surface area contributed by atoms with E-state index in [-0.39, 0.29) is 17.5 Å². The Morgan fingerprint density at radius 3 is 2.69 bits per heavy atom. The average Bonchev–Trinajstić information content (AvgIpc) is 3.15. The highest BCUT2D eigenvalue weighted by Gasteiger charge is 2.23. The molecule has 1 saturated heterocycles. The summed E-state index contributed by atoms with van der Waals surface area (Å²) in [4.78, 5) is 30.9. The van der Waals surface area contributed by atoms with Crippen molar-refractivity contribution in [1.29, 1.82) is 0 Å². The van der Waals surface area contributed by atoms with Crippen LogP contribution in [0.2, 0.25) is 0 Å². The zero-order valence-electron chi connectivity index (χ0n) is 15.2. The monoisotopic (exact) mass is 371 g/mol. The summed E-state index contributed by atoms with van der Waals surface area (Å²) in [7, 11) is 0. The second-order valence-electron chi connectivity index (χ2n) is 7.80. The van der Waals surface area contributed by atoms with Crippen LogP contribution in [0.4, 0.5) is 0 Å². The first kappa shape index (κ1) is 17.5. The van der Waals surface area contributed by atoms with Crippen LogP contribution in [0.15, 0.2) is 23.0 Å². The van der Waals surface area contributed by atoms with Crippen molar-refractivity contribution in [2.75, 3.05) is 13.1 Å². The number of aromatic amines is 1. The van der Waals surface area contributed by atoms with E-state index < -0.39 is 0 Å². The Hall–Kier alpha value is -1.95. The number of amides is 1. The second-order valence-corrected chi connectivity index (χ2v) is 8.19. The molecule has 2 fully saturated rings. The van der Waals surface area contributed by atoms with E-state index in [0.717, 1.165) is 45.2 Å². The molecule has 2 aliphatic rings. The maximum absolute atomic E-state index is 12.9. The highest BCUT2D eigenvalue weighted by Crippen LogP contribution is 2.29. The summed E-state index contributed by atoms with van der Waals surface area (Å²) >= 11 is 5.47. The Morgan fingerprint density at radius 2 is 1.96 bits per heavy atom. The molecule has 5 nitrogen and oxygen atoms in total. The quantitative estimate of drug-likeness (QED) is 0.811. The Bertz CT molecular complexity index is 956. The van der Waals surface area contributed by atoms with Crippen molar-refractivity contribution in [3.63, 3.8) is 0 Å². The lowest BCUT2D eigenvalue weighted by Gasteiger charge is -2.31. The van der Waals surface area contributed by atoms with E-state index in [9.17, 15) is 9.59 Å². The lowest BCUT2D eigenvalue weighted by atomic mass is 9.99. The van der Waals surface area contributed by atoms with Crippen LogP contribution >= 0.6 is 12.2 Å². The third-order valence-corrected chi connectivity index (χ3v) is 6.11. The van der Waals surface area contributed by atoms with Crippen LogP contribution in [-0.2, 0) is 0 Å². The summed E-state index contributed by atoms with van der Waals surface area (Å²) in [6, 6.07) is 5.54. The standard InChI is InChI=1S/C20H25N3O2S/c1-13-5-4-10-22(12-13)18(24)14-8-9-16-17(11-14)21-20(26)23(19(16)25)15-6-2-3-7-15/h8-9,11,13,15H,2-7,10,12H2,1H3,(H,21,26)/t13-/m0/s1. The van der Waals surface area contributed by atoms with Crippen LogP contribution in [0.1, 0.15) is 61.8 Å². The average molecular weight is 372 g/mol. The van der Waals surface area contributed by atoms with Crippen LogP contribution < -0.4 is 5.56 Å². The summed E-state index contributed by atoms with van der Waals surface area (Å²) in [5, 5.41) is 0.606. The van der Waals surface area contributed by atoms with Gasteiger partial charge in [-0.25, -0.2) is 0 Å². The van der Waals surface area contributed by atoms with Gasteiger partial charge in [0.05, 0.1) is 10.9 Å². The van der Waals surface area contributed by atoms with E-state index in [1.54, 1.807) is 22.8 Å². The summed E-state index contributed by atoms with van der Waals surface area (Å²) < 4.78 is 2.20. The molecule has 1 atom stereocenters. The van der Waals surface area contributed by atoms with Gasteiger partial charge < -0.3 is 9.88 Å². The molecule has 1 aliphatic heterocycles. The van der Waals surface area contributed by atoms with Gasteiger partial charge in [-0.05, 0) is 62.0 Å². The maximum atomic E-state index is 12.9. The van der Waals surface area contributed by atoms with E-state index >= 15 is 0 Å². The molecule has 1 saturated carbocycles. The zero-order valence-corrected chi connectivity index (χ0v) is 16.0. The predicted octanol–water partition coefficient (Wildman–Crippen LogP) is 4.05. The van der Waals surface area contributed by atoms with Gasteiger partial charge in [-0.1, -0.05) is 19.8 Å². The van der Waals surface area contributed by atoms with E-state index in [4.69, 9.17) is 12.2 Å². The molecule has 138 valence electrons. The minimum absolute atomic E-state index is 0.0396. The third-order valence-electron chi connectivity index (χ3n) is 5.81. The molecule has 1 N–H and O–H groups in total. The van der Waals surface area contributed by atoms with Gasteiger partial charge in [0.1, 0.15) is 0 Å². The Labute approximate surface area is 158 Å². The molecule has 0 unspecified atom stereocenters. The van der Waals surface area contributed by atoms with E-state index in [2.05, 4.69) is 11.9 Å². The van der Waals surface area contributed by atoms with Gasteiger partial charge >= 0.3 is 0 Å². The highest BCUT2D eigenvalue weighted by atomic mass is 32.1. The molecule has 4 rings (SSSR count). The number of hydrogen-bond donors (Lipinski definition) is 1. The van der Waals surface area contributed by atoms with Crippen LogP contribution in [0.5, 0.6) is 0 Å². The van der Waals surface area contributed by atoms with Gasteiger partial charge in [-0.2, -0.15) is 0 Å². The SMILES string of the molecule is C[C@H]1CCCN(C(=O)c2ccc3c(=O)n(C4CCCC4)c(=S)[nH]c3c2)C1. The third kappa shape index (κ3) is 3.11. The fourth-order valence-corrected chi connectivity index (χ4v) is 4.76. The minimum atomic E-state index is -0.0405. The second kappa shape index (κ2) is 6.99. The van der Waals surface area contributed by atoms with Gasteiger partial charge in [0, 0.05) is 24.7 Å². The zero-order chi connectivity index (χ0) is 18.3. The highest BCUT2D eigenvalue weighted by molar-refractivity contribution is 7.71. The predicted molar refractivity (Wildman–Crippen MR) is 105 cm³/mol. The molecule has 1 aromatic carbocycles. The first-order valence-electron chi connectivity index (χ1n) is 9.62.